The number of carbonyl (C=O) groups excluding carboxylic acids is 1. The van der Waals surface area contributed by atoms with Crippen LogP contribution in [-0.4, -0.2) is 31.8 Å². The number of rotatable bonds is 2. The highest BCUT2D eigenvalue weighted by Gasteiger charge is 2.33. The molecule has 6 nitrogen and oxygen atoms in total. The van der Waals surface area contributed by atoms with Crippen LogP contribution < -0.4 is 10.2 Å². The van der Waals surface area contributed by atoms with Gasteiger partial charge in [-0.1, -0.05) is 6.07 Å². The first-order valence-electron chi connectivity index (χ1n) is 8.03. The Hall–Kier alpha value is -2.53. The molecule has 146 valence electrons. The largest absolute Gasteiger partial charge is 0.416 e. The van der Waals surface area contributed by atoms with Crippen LogP contribution in [0.15, 0.2) is 51.8 Å². The van der Waals surface area contributed by atoms with Crippen molar-refractivity contribution in [3.05, 3.63) is 53.6 Å². The summed E-state index contributed by atoms with van der Waals surface area (Å²) in [5, 5.41) is 2.78. The highest BCUT2D eigenvalue weighted by molar-refractivity contribution is 8.15. The summed E-state index contributed by atoms with van der Waals surface area (Å²) in [6, 6.07) is 9.14. The summed E-state index contributed by atoms with van der Waals surface area (Å²) < 4.78 is 65.4. The van der Waals surface area contributed by atoms with Crippen LogP contribution in [0.3, 0.4) is 0 Å². The number of halogens is 3. The van der Waals surface area contributed by atoms with Gasteiger partial charge in [0.05, 0.1) is 17.0 Å². The fraction of sp³-hybridized carbons (Fsp3) is 0.176. The molecule has 2 aromatic rings. The molecule has 0 saturated heterocycles. The van der Waals surface area contributed by atoms with Gasteiger partial charge in [0.2, 0.25) is 0 Å². The van der Waals surface area contributed by atoms with Crippen molar-refractivity contribution in [3.63, 3.8) is 0 Å². The Balaban J connectivity index is 1.57. The highest BCUT2D eigenvalue weighted by Crippen LogP contribution is 2.42. The summed E-state index contributed by atoms with van der Waals surface area (Å²) in [6.45, 7) is 0.275. The number of fused-ring (bicyclic) bond motifs is 3. The maximum Gasteiger partial charge on any atom is 0.416 e. The van der Waals surface area contributed by atoms with E-state index in [1.807, 2.05) is 0 Å². The summed E-state index contributed by atoms with van der Waals surface area (Å²) in [4.78, 5) is 14.9. The molecule has 28 heavy (non-hydrogen) atoms. The molecule has 0 atom stereocenters. The van der Waals surface area contributed by atoms with Gasteiger partial charge in [0.25, 0.3) is 15.9 Å². The third-order valence-electron chi connectivity index (χ3n) is 4.18. The van der Waals surface area contributed by atoms with Gasteiger partial charge in [0.1, 0.15) is 0 Å². The Labute approximate surface area is 162 Å². The van der Waals surface area contributed by atoms with Crippen LogP contribution in [-0.2, 0) is 16.2 Å². The van der Waals surface area contributed by atoms with Gasteiger partial charge in [-0.15, -0.1) is 4.40 Å². The van der Waals surface area contributed by atoms with Crippen molar-refractivity contribution in [1.82, 2.24) is 0 Å². The second-order valence-corrected chi connectivity index (χ2v) is 8.89. The molecule has 0 aliphatic carbocycles. The van der Waals surface area contributed by atoms with Crippen molar-refractivity contribution < 1.29 is 26.4 Å². The first-order valence-corrected chi connectivity index (χ1v) is 10.5. The Morgan fingerprint density at radius 3 is 2.71 bits per heavy atom. The summed E-state index contributed by atoms with van der Waals surface area (Å²) in [5.74, 6) is -0.656. The molecule has 2 aliphatic heterocycles. The van der Waals surface area contributed by atoms with Crippen LogP contribution in [0.1, 0.15) is 15.9 Å². The number of benzene rings is 2. The number of anilines is 2. The van der Waals surface area contributed by atoms with Gasteiger partial charge >= 0.3 is 6.18 Å². The number of hydrogen-bond acceptors (Lipinski definition) is 5. The fourth-order valence-corrected chi connectivity index (χ4v) is 5.14. The Morgan fingerprint density at radius 1 is 1.18 bits per heavy atom. The first-order chi connectivity index (χ1) is 13.1. The summed E-state index contributed by atoms with van der Waals surface area (Å²) in [7, 11) is -3.48. The summed E-state index contributed by atoms with van der Waals surface area (Å²) >= 11 is 1.13. The van der Waals surface area contributed by atoms with E-state index in [1.54, 1.807) is 17.0 Å². The zero-order chi connectivity index (χ0) is 20.1. The third kappa shape index (κ3) is 3.59. The van der Waals surface area contributed by atoms with E-state index >= 15 is 0 Å². The zero-order valence-electron chi connectivity index (χ0n) is 14.0. The van der Waals surface area contributed by atoms with Crippen LogP contribution >= 0.6 is 11.8 Å². The maximum atomic E-state index is 12.8. The fourth-order valence-electron chi connectivity index (χ4n) is 2.85. The molecule has 2 aliphatic rings. The third-order valence-corrected chi connectivity index (χ3v) is 6.49. The van der Waals surface area contributed by atoms with Gasteiger partial charge in [-0.25, -0.2) is 8.42 Å². The average molecular weight is 427 g/mol. The van der Waals surface area contributed by atoms with Crippen LogP contribution in [0.25, 0.3) is 0 Å². The molecule has 0 radical (unpaired) electrons. The zero-order valence-corrected chi connectivity index (χ0v) is 15.7. The number of carbonyl (C=O) groups is 1. The van der Waals surface area contributed by atoms with Crippen molar-refractivity contribution in [2.75, 3.05) is 22.5 Å². The molecule has 0 fully saturated rings. The summed E-state index contributed by atoms with van der Waals surface area (Å²) in [6.07, 6.45) is -4.50. The minimum atomic E-state index is -4.50. The lowest BCUT2D eigenvalue weighted by molar-refractivity contribution is -0.137. The van der Waals surface area contributed by atoms with Gasteiger partial charge in [-0.3, -0.25) is 4.79 Å². The van der Waals surface area contributed by atoms with E-state index < -0.39 is 27.7 Å². The lowest BCUT2D eigenvalue weighted by Gasteiger charge is -2.22. The van der Waals surface area contributed by atoms with E-state index in [-0.39, 0.29) is 23.5 Å². The van der Waals surface area contributed by atoms with Crippen molar-refractivity contribution in [1.29, 1.82) is 0 Å². The van der Waals surface area contributed by atoms with E-state index in [2.05, 4.69) is 9.71 Å². The topological polar surface area (TPSA) is 78.8 Å². The SMILES string of the molecule is O=C(Nc1cccc(C(F)(F)F)c1)c1ccc2c(c1)SC1=NS(=O)(=O)CCN12. The van der Waals surface area contributed by atoms with E-state index in [0.29, 0.717) is 10.1 Å². The predicted molar refractivity (Wildman–Crippen MR) is 100 cm³/mol. The monoisotopic (exact) mass is 427 g/mol. The normalized spacial score (nSPS) is 17.5. The molecule has 0 aromatic heterocycles. The molecular weight excluding hydrogens is 415 g/mol. The van der Waals surface area contributed by atoms with Crippen LogP contribution in [0.5, 0.6) is 0 Å². The minimum Gasteiger partial charge on any atom is -0.322 e. The van der Waals surface area contributed by atoms with E-state index in [9.17, 15) is 26.4 Å². The number of nitrogens with one attached hydrogen (secondary N) is 1. The van der Waals surface area contributed by atoms with E-state index in [4.69, 9.17) is 0 Å². The second kappa shape index (κ2) is 6.52. The molecular formula is C17H12F3N3O3S2. The van der Waals surface area contributed by atoms with Crippen LogP contribution in [0.4, 0.5) is 24.5 Å². The molecule has 4 rings (SSSR count). The van der Waals surface area contributed by atoms with Crippen LogP contribution in [0.2, 0.25) is 0 Å². The van der Waals surface area contributed by atoms with Crippen molar-refractivity contribution in [3.8, 4) is 0 Å². The number of sulfonamides is 1. The van der Waals surface area contributed by atoms with Crippen molar-refractivity contribution in [2.45, 2.75) is 11.1 Å². The molecule has 0 spiro atoms. The van der Waals surface area contributed by atoms with Crippen molar-refractivity contribution in [2.24, 2.45) is 4.40 Å². The number of amides is 1. The van der Waals surface area contributed by atoms with Gasteiger partial charge in [0, 0.05) is 22.7 Å². The molecule has 2 aromatic carbocycles. The van der Waals surface area contributed by atoms with Crippen molar-refractivity contribution >= 4 is 44.2 Å². The highest BCUT2D eigenvalue weighted by atomic mass is 32.2. The quantitative estimate of drug-likeness (QED) is 0.793. The predicted octanol–water partition coefficient (Wildman–Crippen LogP) is 3.57. The number of hydrogen-bond donors (Lipinski definition) is 1. The molecule has 2 heterocycles. The van der Waals surface area contributed by atoms with E-state index in [1.165, 1.54) is 18.2 Å². The smallest absolute Gasteiger partial charge is 0.322 e. The molecule has 1 amide bonds. The van der Waals surface area contributed by atoms with Gasteiger partial charge in [-0.05, 0) is 48.2 Å². The number of alkyl halides is 3. The molecule has 0 bridgehead atoms. The molecule has 11 heteroatoms. The Morgan fingerprint density at radius 2 is 1.96 bits per heavy atom. The second-order valence-electron chi connectivity index (χ2n) is 6.13. The first kappa shape index (κ1) is 18.8. The maximum absolute atomic E-state index is 12.8. The van der Waals surface area contributed by atoms with Gasteiger partial charge in [-0.2, -0.15) is 13.2 Å². The lowest BCUT2D eigenvalue weighted by Crippen LogP contribution is -2.35. The Bertz CT molecular complexity index is 1110. The van der Waals surface area contributed by atoms with Gasteiger partial charge < -0.3 is 10.2 Å². The Kier molecular flexibility index (Phi) is 4.38. The lowest BCUT2D eigenvalue weighted by atomic mass is 10.1. The number of nitrogens with zero attached hydrogens (tertiary/aromatic N) is 2. The van der Waals surface area contributed by atoms with Crippen LogP contribution in [0, 0.1) is 0 Å². The number of amidine groups is 1. The molecule has 1 N–H and O–H groups in total. The van der Waals surface area contributed by atoms with E-state index in [0.717, 1.165) is 29.6 Å². The van der Waals surface area contributed by atoms with Gasteiger partial charge in [0.15, 0.2) is 5.17 Å². The molecule has 0 saturated carbocycles. The average Bonchev–Trinajstić information content (AvgIpc) is 2.96. The summed E-state index contributed by atoms with van der Waals surface area (Å²) in [5.41, 5.74) is 0.160. The minimum absolute atomic E-state index is 0.0286. The molecule has 0 unspecified atom stereocenters. The number of thioether (sulfide) groups is 1. The standard InChI is InChI=1S/C17H12F3N3O3S2/c18-17(19,20)11-2-1-3-12(9-11)21-15(24)10-4-5-13-14(8-10)27-16-22-28(25,26)7-6-23(13)16/h1-5,8-9H,6-7H2,(H,21,24).